The fourth-order valence-corrected chi connectivity index (χ4v) is 1.21. The molecule has 1 rings (SSSR count). The van der Waals surface area contributed by atoms with Gasteiger partial charge in [0, 0.05) is 17.9 Å². The summed E-state index contributed by atoms with van der Waals surface area (Å²) in [6.07, 6.45) is 1.34. The molecule has 0 spiro atoms. The highest BCUT2D eigenvalue weighted by molar-refractivity contribution is 5.90. The van der Waals surface area contributed by atoms with E-state index in [0.717, 1.165) is 17.7 Å². The number of carbonyl (C=O) groups excluding carboxylic acids is 1. The summed E-state index contributed by atoms with van der Waals surface area (Å²) < 4.78 is 5.24. The molecule has 0 atom stereocenters. The smallest absolute Gasteiger partial charge is 0.227 e. The van der Waals surface area contributed by atoms with Crippen molar-refractivity contribution in [2.75, 3.05) is 18.5 Å². The maximum absolute atomic E-state index is 11.5. The molecule has 0 bridgehead atoms. The Morgan fingerprint density at radius 1 is 1.44 bits per heavy atom. The number of H-pyrrole nitrogens is 1. The molecule has 2 N–H and O–H groups in total. The molecular formula is C11H19N3O2. The molecule has 0 saturated heterocycles. The predicted octanol–water partition coefficient (Wildman–Crippen LogP) is 1.78. The van der Waals surface area contributed by atoms with E-state index in [0.29, 0.717) is 25.5 Å². The molecule has 5 nitrogen and oxygen atoms in total. The van der Waals surface area contributed by atoms with Crippen LogP contribution in [0.1, 0.15) is 31.0 Å². The zero-order valence-corrected chi connectivity index (χ0v) is 10.1. The normalized spacial score (nSPS) is 10.4. The number of hydrogen-bond donors (Lipinski definition) is 2. The van der Waals surface area contributed by atoms with Crippen molar-refractivity contribution < 1.29 is 9.53 Å². The van der Waals surface area contributed by atoms with Gasteiger partial charge in [0.1, 0.15) is 0 Å². The topological polar surface area (TPSA) is 67.0 Å². The number of carbonyl (C=O) groups is 1. The average molecular weight is 225 g/mol. The van der Waals surface area contributed by atoms with Gasteiger partial charge in [-0.15, -0.1) is 0 Å². The summed E-state index contributed by atoms with van der Waals surface area (Å²) in [5.41, 5.74) is 1.94. The highest BCUT2D eigenvalue weighted by atomic mass is 16.5. The van der Waals surface area contributed by atoms with Crippen LogP contribution in [0.4, 0.5) is 5.82 Å². The summed E-state index contributed by atoms with van der Waals surface area (Å²) >= 11 is 0. The lowest BCUT2D eigenvalue weighted by atomic mass is 10.3. The van der Waals surface area contributed by atoms with E-state index in [4.69, 9.17) is 4.74 Å². The standard InChI is InChI=1S/C11H19N3O2/c1-4-6-16-7-5-10(15)12-11-8(2)9(3)13-14-11/h4-7H2,1-3H3,(H2,12,13,14,15). The summed E-state index contributed by atoms with van der Waals surface area (Å²) in [6.45, 7) is 7.04. The van der Waals surface area contributed by atoms with Crippen LogP contribution in [0.25, 0.3) is 0 Å². The molecule has 0 aliphatic carbocycles. The van der Waals surface area contributed by atoms with E-state index in [9.17, 15) is 4.79 Å². The van der Waals surface area contributed by atoms with Crippen LogP contribution >= 0.6 is 0 Å². The minimum Gasteiger partial charge on any atom is -0.381 e. The number of amides is 1. The SMILES string of the molecule is CCCOCCC(=O)Nc1n[nH]c(C)c1C. The summed E-state index contributed by atoms with van der Waals surface area (Å²) in [7, 11) is 0. The highest BCUT2D eigenvalue weighted by Gasteiger charge is 2.08. The third kappa shape index (κ3) is 3.66. The second-order valence-corrected chi connectivity index (χ2v) is 3.73. The molecule has 1 amide bonds. The molecule has 0 aliphatic heterocycles. The van der Waals surface area contributed by atoms with Gasteiger partial charge in [-0.2, -0.15) is 5.10 Å². The number of hydrogen-bond acceptors (Lipinski definition) is 3. The Bertz CT molecular complexity index is 347. The van der Waals surface area contributed by atoms with Crippen LogP contribution in [-0.4, -0.2) is 29.3 Å². The lowest BCUT2D eigenvalue weighted by molar-refractivity contribution is -0.117. The summed E-state index contributed by atoms with van der Waals surface area (Å²) in [5, 5.41) is 9.57. The fourth-order valence-electron chi connectivity index (χ4n) is 1.21. The van der Waals surface area contributed by atoms with Gasteiger partial charge in [0.2, 0.25) is 5.91 Å². The number of anilines is 1. The van der Waals surface area contributed by atoms with Gasteiger partial charge in [-0.25, -0.2) is 0 Å². The van der Waals surface area contributed by atoms with Gasteiger partial charge in [0.25, 0.3) is 0 Å². The van der Waals surface area contributed by atoms with Crippen molar-refractivity contribution in [1.82, 2.24) is 10.2 Å². The number of aromatic nitrogens is 2. The zero-order chi connectivity index (χ0) is 12.0. The minimum absolute atomic E-state index is 0.0642. The molecular weight excluding hydrogens is 206 g/mol. The maximum atomic E-state index is 11.5. The Balaban J connectivity index is 2.31. The molecule has 0 radical (unpaired) electrons. The molecule has 1 aromatic rings. The molecule has 0 fully saturated rings. The molecule has 90 valence electrons. The number of ether oxygens (including phenoxy) is 1. The van der Waals surface area contributed by atoms with Crippen LogP contribution in [0.15, 0.2) is 0 Å². The molecule has 0 saturated carbocycles. The van der Waals surface area contributed by atoms with Gasteiger partial charge in [0.15, 0.2) is 5.82 Å². The Morgan fingerprint density at radius 3 is 2.75 bits per heavy atom. The largest absolute Gasteiger partial charge is 0.381 e. The van der Waals surface area contributed by atoms with Crippen molar-refractivity contribution in [3.05, 3.63) is 11.3 Å². The Morgan fingerprint density at radius 2 is 2.19 bits per heavy atom. The van der Waals surface area contributed by atoms with Crippen LogP contribution in [0.3, 0.4) is 0 Å². The van der Waals surface area contributed by atoms with E-state index in [1.54, 1.807) is 0 Å². The van der Waals surface area contributed by atoms with E-state index in [1.807, 2.05) is 20.8 Å². The Labute approximate surface area is 95.6 Å². The first-order valence-corrected chi connectivity index (χ1v) is 5.54. The third-order valence-electron chi connectivity index (χ3n) is 2.33. The maximum Gasteiger partial charge on any atom is 0.227 e. The van der Waals surface area contributed by atoms with E-state index < -0.39 is 0 Å². The van der Waals surface area contributed by atoms with E-state index in [1.165, 1.54) is 0 Å². The number of nitrogens with one attached hydrogen (secondary N) is 2. The highest BCUT2D eigenvalue weighted by Crippen LogP contribution is 2.13. The Hall–Kier alpha value is -1.36. The van der Waals surface area contributed by atoms with Crippen molar-refractivity contribution in [3.8, 4) is 0 Å². The van der Waals surface area contributed by atoms with Gasteiger partial charge in [-0.3, -0.25) is 9.89 Å². The van der Waals surface area contributed by atoms with Crippen LogP contribution < -0.4 is 5.32 Å². The number of rotatable bonds is 6. The van der Waals surface area contributed by atoms with Gasteiger partial charge in [-0.05, 0) is 20.3 Å². The van der Waals surface area contributed by atoms with E-state index >= 15 is 0 Å². The third-order valence-corrected chi connectivity index (χ3v) is 2.33. The van der Waals surface area contributed by atoms with Crippen molar-refractivity contribution in [1.29, 1.82) is 0 Å². The quantitative estimate of drug-likeness (QED) is 0.725. The molecule has 0 unspecified atom stereocenters. The molecule has 0 aromatic carbocycles. The van der Waals surface area contributed by atoms with E-state index in [2.05, 4.69) is 15.5 Å². The van der Waals surface area contributed by atoms with Crippen LogP contribution in [-0.2, 0) is 9.53 Å². The first kappa shape index (κ1) is 12.7. The first-order chi connectivity index (χ1) is 7.65. The molecule has 5 heteroatoms. The van der Waals surface area contributed by atoms with Crippen molar-refractivity contribution in [2.45, 2.75) is 33.6 Å². The summed E-state index contributed by atoms with van der Waals surface area (Å²) in [4.78, 5) is 11.5. The van der Waals surface area contributed by atoms with Crippen molar-refractivity contribution >= 4 is 11.7 Å². The van der Waals surface area contributed by atoms with Gasteiger partial charge in [0.05, 0.1) is 13.0 Å². The van der Waals surface area contributed by atoms with Gasteiger partial charge in [-0.1, -0.05) is 6.92 Å². The average Bonchev–Trinajstić information content (AvgIpc) is 2.56. The molecule has 1 aromatic heterocycles. The van der Waals surface area contributed by atoms with Crippen molar-refractivity contribution in [2.24, 2.45) is 0 Å². The Kier molecular flexibility index (Phi) is 4.98. The molecule has 0 aliphatic rings. The predicted molar refractivity (Wildman–Crippen MR) is 62.4 cm³/mol. The summed E-state index contributed by atoms with van der Waals surface area (Å²) in [5.74, 6) is 0.545. The zero-order valence-electron chi connectivity index (χ0n) is 10.1. The minimum atomic E-state index is -0.0642. The monoisotopic (exact) mass is 225 g/mol. The number of aryl methyl sites for hydroxylation is 1. The molecule has 16 heavy (non-hydrogen) atoms. The second-order valence-electron chi connectivity index (χ2n) is 3.73. The van der Waals surface area contributed by atoms with Crippen molar-refractivity contribution in [3.63, 3.8) is 0 Å². The summed E-state index contributed by atoms with van der Waals surface area (Å²) in [6, 6.07) is 0. The van der Waals surface area contributed by atoms with Gasteiger partial charge >= 0.3 is 0 Å². The van der Waals surface area contributed by atoms with Gasteiger partial charge < -0.3 is 10.1 Å². The lowest BCUT2D eigenvalue weighted by Gasteiger charge is -2.03. The van der Waals surface area contributed by atoms with E-state index in [-0.39, 0.29) is 5.91 Å². The molecule has 1 heterocycles. The number of nitrogens with zero attached hydrogens (tertiary/aromatic N) is 1. The fraction of sp³-hybridized carbons (Fsp3) is 0.636. The van der Waals surface area contributed by atoms with Crippen LogP contribution in [0.2, 0.25) is 0 Å². The van der Waals surface area contributed by atoms with Crippen LogP contribution in [0, 0.1) is 13.8 Å². The first-order valence-electron chi connectivity index (χ1n) is 5.54. The second kappa shape index (κ2) is 6.27. The lowest BCUT2D eigenvalue weighted by Crippen LogP contribution is -2.15. The number of aromatic amines is 1. The van der Waals surface area contributed by atoms with Crippen LogP contribution in [0.5, 0.6) is 0 Å².